The zero-order chi connectivity index (χ0) is 21.1. The number of hydrogen-bond donors (Lipinski definition) is 0. The molecule has 0 saturated heterocycles. The van der Waals surface area contributed by atoms with E-state index in [1.165, 1.54) is 11.1 Å². The first kappa shape index (κ1) is 21.4. The molecule has 29 heavy (non-hydrogen) atoms. The third-order valence-electron chi connectivity index (χ3n) is 5.92. The van der Waals surface area contributed by atoms with Gasteiger partial charge in [-0.3, -0.25) is 0 Å². The van der Waals surface area contributed by atoms with E-state index < -0.39 is 15.3 Å². The number of hydrogen-bond acceptors (Lipinski definition) is 4. The maximum Gasteiger partial charge on any atom is 0.178 e. The van der Waals surface area contributed by atoms with Gasteiger partial charge in [0.1, 0.15) is 5.75 Å². The van der Waals surface area contributed by atoms with Crippen LogP contribution in [-0.2, 0) is 21.7 Å². The van der Waals surface area contributed by atoms with Crippen LogP contribution in [0.4, 0.5) is 0 Å². The predicted molar refractivity (Wildman–Crippen MR) is 115 cm³/mol. The molecule has 2 aromatic carbocycles. The van der Waals surface area contributed by atoms with Crippen molar-refractivity contribution in [3.63, 3.8) is 0 Å². The van der Waals surface area contributed by atoms with Gasteiger partial charge in [0.15, 0.2) is 9.84 Å². The number of unbranched alkanes of at least 4 members (excludes halogenated alkanes) is 2. The second-order valence-corrected chi connectivity index (χ2v) is 10.3. The van der Waals surface area contributed by atoms with E-state index in [4.69, 9.17) is 4.74 Å². The Morgan fingerprint density at radius 3 is 2.48 bits per heavy atom. The number of nitrogens with zero attached hydrogens (tertiary/aromatic N) is 1. The van der Waals surface area contributed by atoms with Crippen molar-refractivity contribution in [1.82, 2.24) is 0 Å². The van der Waals surface area contributed by atoms with E-state index in [9.17, 15) is 13.7 Å². The van der Waals surface area contributed by atoms with Crippen molar-refractivity contribution in [2.75, 3.05) is 12.9 Å². The smallest absolute Gasteiger partial charge is 0.178 e. The van der Waals surface area contributed by atoms with Gasteiger partial charge in [-0.05, 0) is 60.1 Å². The lowest BCUT2D eigenvalue weighted by Gasteiger charge is -2.39. The molecule has 0 amide bonds. The molecule has 0 radical (unpaired) electrons. The van der Waals surface area contributed by atoms with Crippen molar-refractivity contribution in [2.24, 2.45) is 0 Å². The molecule has 0 N–H and O–H groups in total. The summed E-state index contributed by atoms with van der Waals surface area (Å²) in [7, 11) is -1.55. The predicted octanol–water partition coefficient (Wildman–Crippen LogP) is 5.17. The molecule has 0 aromatic heterocycles. The van der Waals surface area contributed by atoms with Crippen LogP contribution in [0.2, 0.25) is 0 Å². The molecule has 1 aliphatic carbocycles. The number of ether oxygens (including phenoxy) is 1. The molecular weight excluding hydrogens is 382 g/mol. The Labute approximate surface area is 174 Å². The number of sulfone groups is 1. The van der Waals surface area contributed by atoms with Crippen LogP contribution in [0.1, 0.15) is 62.1 Å². The third-order valence-corrected chi connectivity index (χ3v) is 7.73. The summed E-state index contributed by atoms with van der Waals surface area (Å²) in [5.74, 6) is 1.38. The summed E-state index contributed by atoms with van der Waals surface area (Å²) in [5.41, 5.74) is 3.04. The standard InChI is InChI=1S/C24H29NO3S/c1-18(2)21-14-19-16-24(17-25,22(19)15-23(21)28-3)12-8-5-9-13-29(26,27)20-10-6-4-7-11-20/h4,6-7,10-11,14-15,18H,5,8-9,12-13,16H2,1-3H3. The molecular formula is C24H29NO3S. The quantitative estimate of drug-likeness (QED) is 0.534. The fourth-order valence-corrected chi connectivity index (χ4v) is 5.59. The lowest BCUT2D eigenvalue weighted by molar-refractivity contribution is 0.390. The normalized spacial score (nSPS) is 18.0. The Bertz CT molecular complexity index is 1010. The van der Waals surface area contributed by atoms with E-state index in [1.807, 2.05) is 12.1 Å². The van der Waals surface area contributed by atoms with Crippen molar-refractivity contribution in [2.45, 2.75) is 62.2 Å². The minimum Gasteiger partial charge on any atom is -0.496 e. The van der Waals surface area contributed by atoms with E-state index in [1.54, 1.807) is 31.4 Å². The monoisotopic (exact) mass is 411 g/mol. The van der Waals surface area contributed by atoms with Crippen LogP contribution >= 0.6 is 0 Å². The average molecular weight is 412 g/mol. The molecule has 2 aromatic rings. The first-order valence-electron chi connectivity index (χ1n) is 10.2. The number of methoxy groups -OCH3 is 1. The van der Waals surface area contributed by atoms with Gasteiger partial charge in [0.2, 0.25) is 0 Å². The van der Waals surface area contributed by atoms with Gasteiger partial charge in [0.05, 0.1) is 29.2 Å². The Hall–Kier alpha value is -2.32. The van der Waals surface area contributed by atoms with Gasteiger partial charge in [-0.15, -0.1) is 0 Å². The molecule has 3 rings (SSSR count). The first-order chi connectivity index (χ1) is 13.8. The molecule has 0 fully saturated rings. The van der Waals surface area contributed by atoms with E-state index >= 15 is 0 Å². The topological polar surface area (TPSA) is 67.2 Å². The summed E-state index contributed by atoms with van der Waals surface area (Å²) in [6.07, 6.45) is 3.77. The highest BCUT2D eigenvalue weighted by Gasteiger charge is 2.43. The summed E-state index contributed by atoms with van der Waals surface area (Å²) in [6, 6.07) is 15.3. The Morgan fingerprint density at radius 2 is 1.86 bits per heavy atom. The minimum absolute atomic E-state index is 0.152. The zero-order valence-corrected chi connectivity index (χ0v) is 18.3. The van der Waals surface area contributed by atoms with Gasteiger partial charge in [0.25, 0.3) is 0 Å². The maximum absolute atomic E-state index is 12.4. The van der Waals surface area contributed by atoms with Crippen LogP contribution in [0.5, 0.6) is 5.75 Å². The average Bonchev–Trinajstić information content (AvgIpc) is 2.71. The van der Waals surface area contributed by atoms with E-state index in [2.05, 4.69) is 26.0 Å². The molecule has 0 bridgehead atoms. The van der Waals surface area contributed by atoms with Crippen LogP contribution in [0.25, 0.3) is 0 Å². The summed E-state index contributed by atoms with van der Waals surface area (Å²) in [6.45, 7) is 4.29. The van der Waals surface area contributed by atoms with Gasteiger partial charge in [-0.2, -0.15) is 5.26 Å². The van der Waals surface area contributed by atoms with E-state index in [-0.39, 0.29) is 5.75 Å². The lowest BCUT2D eigenvalue weighted by Crippen LogP contribution is -2.37. The van der Waals surface area contributed by atoms with Gasteiger partial charge >= 0.3 is 0 Å². The van der Waals surface area contributed by atoms with E-state index in [0.717, 1.165) is 37.0 Å². The van der Waals surface area contributed by atoms with Gasteiger partial charge < -0.3 is 4.74 Å². The molecule has 1 aliphatic rings. The second kappa shape index (κ2) is 8.59. The first-order valence-corrected chi connectivity index (χ1v) is 11.9. The van der Waals surface area contributed by atoms with Crippen LogP contribution in [-0.4, -0.2) is 21.3 Å². The second-order valence-electron chi connectivity index (χ2n) is 8.22. The van der Waals surface area contributed by atoms with Gasteiger partial charge in [0, 0.05) is 0 Å². The molecule has 5 heteroatoms. The number of benzene rings is 2. The molecule has 0 aliphatic heterocycles. The number of rotatable bonds is 9. The summed E-state index contributed by atoms with van der Waals surface area (Å²) in [4.78, 5) is 0.384. The highest BCUT2D eigenvalue weighted by molar-refractivity contribution is 7.91. The van der Waals surface area contributed by atoms with Crippen molar-refractivity contribution in [3.8, 4) is 11.8 Å². The summed E-state index contributed by atoms with van der Waals surface area (Å²) in [5, 5.41) is 9.87. The van der Waals surface area contributed by atoms with Crippen molar-refractivity contribution in [3.05, 3.63) is 59.2 Å². The molecule has 0 heterocycles. The zero-order valence-electron chi connectivity index (χ0n) is 17.4. The Morgan fingerprint density at radius 1 is 1.14 bits per heavy atom. The van der Waals surface area contributed by atoms with Crippen LogP contribution in [0.15, 0.2) is 47.4 Å². The lowest BCUT2D eigenvalue weighted by atomic mass is 9.62. The largest absolute Gasteiger partial charge is 0.496 e. The van der Waals surface area contributed by atoms with Crippen molar-refractivity contribution < 1.29 is 13.2 Å². The third kappa shape index (κ3) is 4.33. The molecule has 0 spiro atoms. The van der Waals surface area contributed by atoms with E-state index in [0.29, 0.717) is 17.2 Å². The number of fused-ring (bicyclic) bond motifs is 1. The van der Waals surface area contributed by atoms with Crippen LogP contribution in [0.3, 0.4) is 0 Å². The minimum atomic E-state index is -3.23. The summed E-state index contributed by atoms with van der Waals surface area (Å²) < 4.78 is 30.3. The van der Waals surface area contributed by atoms with Gasteiger partial charge in [-0.1, -0.05) is 51.0 Å². The molecule has 1 atom stereocenters. The highest BCUT2D eigenvalue weighted by Crippen LogP contribution is 2.48. The van der Waals surface area contributed by atoms with Crippen LogP contribution < -0.4 is 4.74 Å². The van der Waals surface area contributed by atoms with Gasteiger partial charge in [-0.25, -0.2) is 8.42 Å². The van der Waals surface area contributed by atoms with Crippen LogP contribution in [0, 0.1) is 11.3 Å². The maximum atomic E-state index is 12.4. The Kier molecular flexibility index (Phi) is 6.33. The molecule has 0 saturated carbocycles. The molecule has 4 nitrogen and oxygen atoms in total. The summed E-state index contributed by atoms with van der Waals surface area (Å²) >= 11 is 0. The van der Waals surface area contributed by atoms with Crippen molar-refractivity contribution >= 4 is 9.84 Å². The molecule has 154 valence electrons. The number of nitriles is 1. The fraction of sp³-hybridized carbons (Fsp3) is 0.458. The van der Waals surface area contributed by atoms with Crippen molar-refractivity contribution in [1.29, 1.82) is 5.26 Å². The SMILES string of the molecule is COc1cc2c(cc1C(C)C)CC2(C#N)CCCCCS(=O)(=O)c1ccccc1. The molecule has 1 unspecified atom stereocenters. The highest BCUT2D eigenvalue weighted by atomic mass is 32.2. The Balaban J connectivity index is 1.59. The fourth-order valence-electron chi connectivity index (χ4n) is 4.20.